The van der Waals surface area contributed by atoms with Gasteiger partial charge in [0.1, 0.15) is 0 Å². The van der Waals surface area contributed by atoms with E-state index in [0.717, 1.165) is 19.5 Å². The molecule has 0 spiro atoms. The van der Waals surface area contributed by atoms with Crippen molar-refractivity contribution in [2.75, 3.05) is 23.4 Å². The molecule has 7 heteroatoms. The lowest BCUT2D eigenvalue weighted by Gasteiger charge is -2.32. The Morgan fingerprint density at radius 2 is 2.20 bits per heavy atom. The number of hydrazine groups is 1. The molecule has 7 nitrogen and oxygen atoms in total. The van der Waals surface area contributed by atoms with Gasteiger partial charge in [0.25, 0.3) is 0 Å². The van der Waals surface area contributed by atoms with Crippen LogP contribution in [0.15, 0.2) is 0 Å². The van der Waals surface area contributed by atoms with Crippen LogP contribution in [-0.4, -0.2) is 34.1 Å². The fraction of sp³-hybridized carbons (Fsp3) is 0.769. The van der Waals surface area contributed by atoms with Gasteiger partial charge in [-0.05, 0) is 32.6 Å². The average Bonchev–Trinajstić information content (AvgIpc) is 2.46. The van der Waals surface area contributed by atoms with E-state index in [4.69, 9.17) is 10.6 Å². The highest BCUT2D eigenvalue weighted by Gasteiger charge is 2.22. The van der Waals surface area contributed by atoms with E-state index >= 15 is 0 Å². The Bertz CT molecular complexity index is 439. The third kappa shape index (κ3) is 3.69. The molecule has 0 saturated carbocycles. The van der Waals surface area contributed by atoms with E-state index in [1.54, 1.807) is 0 Å². The summed E-state index contributed by atoms with van der Waals surface area (Å²) >= 11 is 0. The van der Waals surface area contributed by atoms with Crippen molar-refractivity contribution in [2.45, 2.75) is 46.1 Å². The van der Waals surface area contributed by atoms with Gasteiger partial charge in [0, 0.05) is 13.1 Å². The predicted octanol–water partition coefficient (Wildman–Crippen LogP) is 1.57. The first kappa shape index (κ1) is 14.8. The van der Waals surface area contributed by atoms with Crippen molar-refractivity contribution in [3.63, 3.8) is 0 Å². The molecule has 1 unspecified atom stereocenters. The number of rotatable bonds is 5. The first-order valence-electron chi connectivity index (χ1n) is 7.26. The van der Waals surface area contributed by atoms with Gasteiger partial charge in [-0.25, -0.2) is 5.84 Å². The number of piperidine rings is 1. The smallest absolute Gasteiger partial charge is 0.323 e. The van der Waals surface area contributed by atoms with Crippen molar-refractivity contribution in [3.05, 3.63) is 0 Å². The highest BCUT2D eigenvalue weighted by atomic mass is 16.5. The lowest BCUT2D eigenvalue weighted by atomic mass is 9.96. The van der Waals surface area contributed by atoms with Gasteiger partial charge in [0.15, 0.2) is 0 Å². The van der Waals surface area contributed by atoms with Crippen molar-refractivity contribution in [1.82, 2.24) is 15.0 Å². The van der Waals surface area contributed by atoms with Gasteiger partial charge in [-0.3, -0.25) is 5.43 Å². The molecule has 0 aromatic carbocycles. The monoisotopic (exact) mass is 280 g/mol. The highest BCUT2D eigenvalue weighted by molar-refractivity contribution is 5.38. The minimum Gasteiger partial charge on any atom is -0.461 e. The fourth-order valence-electron chi connectivity index (χ4n) is 2.40. The van der Waals surface area contributed by atoms with Gasteiger partial charge < -0.3 is 9.64 Å². The summed E-state index contributed by atoms with van der Waals surface area (Å²) in [5, 5.41) is 0. The van der Waals surface area contributed by atoms with Crippen molar-refractivity contribution in [2.24, 2.45) is 11.8 Å². The van der Waals surface area contributed by atoms with E-state index in [2.05, 4.69) is 32.2 Å². The van der Waals surface area contributed by atoms with E-state index < -0.39 is 0 Å². The van der Waals surface area contributed by atoms with Crippen LogP contribution < -0.4 is 20.9 Å². The molecular weight excluding hydrogens is 256 g/mol. The SMILES string of the molecule is CCC1CCCN(c2nc(NN)nc(OC(C)C)n2)C1. The zero-order valence-corrected chi connectivity index (χ0v) is 12.5. The second-order valence-corrected chi connectivity index (χ2v) is 5.42. The third-order valence-corrected chi connectivity index (χ3v) is 3.45. The number of anilines is 2. The summed E-state index contributed by atoms with van der Waals surface area (Å²) in [4.78, 5) is 15.0. The van der Waals surface area contributed by atoms with Crippen LogP contribution in [0.25, 0.3) is 0 Å². The lowest BCUT2D eigenvalue weighted by Crippen LogP contribution is -2.36. The minimum absolute atomic E-state index is 0.0145. The topological polar surface area (TPSA) is 89.2 Å². The van der Waals surface area contributed by atoms with Crippen molar-refractivity contribution in [1.29, 1.82) is 0 Å². The molecule has 1 aliphatic rings. The Morgan fingerprint density at radius 1 is 1.40 bits per heavy atom. The molecule has 1 aromatic rings. The van der Waals surface area contributed by atoms with E-state index in [9.17, 15) is 0 Å². The maximum Gasteiger partial charge on any atom is 0.323 e. The van der Waals surface area contributed by atoms with E-state index in [1.165, 1.54) is 12.8 Å². The molecule has 0 aliphatic carbocycles. The number of nitrogens with zero attached hydrogens (tertiary/aromatic N) is 4. The van der Waals surface area contributed by atoms with Gasteiger partial charge in [-0.1, -0.05) is 13.3 Å². The average molecular weight is 280 g/mol. The molecule has 1 aromatic heterocycles. The van der Waals surface area contributed by atoms with E-state index in [1.807, 2.05) is 13.8 Å². The first-order valence-corrected chi connectivity index (χ1v) is 7.26. The molecule has 2 rings (SSSR count). The highest BCUT2D eigenvalue weighted by Crippen LogP contribution is 2.24. The van der Waals surface area contributed by atoms with Crippen LogP contribution in [-0.2, 0) is 0 Å². The largest absolute Gasteiger partial charge is 0.461 e. The van der Waals surface area contributed by atoms with Gasteiger partial charge in [-0.2, -0.15) is 15.0 Å². The molecule has 0 radical (unpaired) electrons. The standard InChI is InChI=1S/C13H24N6O/c1-4-10-6-5-7-19(8-10)12-15-11(18-14)16-13(17-12)20-9(2)3/h9-10H,4-8,14H2,1-3H3,(H,15,16,17,18). The lowest BCUT2D eigenvalue weighted by molar-refractivity contribution is 0.221. The summed E-state index contributed by atoms with van der Waals surface area (Å²) in [5.74, 6) is 7.10. The molecule has 3 N–H and O–H groups in total. The summed E-state index contributed by atoms with van der Waals surface area (Å²) in [6.07, 6.45) is 3.63. The Hall–Kier alpha value is -1.63. The number of ether oxygens (including phenoxy) is 1. The van der Waals surface area contributed by atoms with Crippen LogP contribution in [0.1, 0.15) is 40.0 Å². The summed E-state index contributed by atoms with van der Waals surface area (Å²) in [5.41, 5.74) is 2.48. The van der Waals surface area contributed by atoms with Crippen molar-refractivity contribution in [3.8, 4) is 6.01 Å². The van der Waals surface area contributed by atoms with Gasteiger partial charge in [0.05, 0.1) is 6.10 Å². The Balaban J connectivity index is 2.20. The molecule has 112 valence electrons. The number of nitrogen functional groups attached to an aromatic ring is 1. The molecule has 0 amide bonds. The molecule has 2 heterocycles. The first-order chi connectivity index (χ1) is 9.62. The van der Waals surface area contributed by atoms with E-state index in [0.29, 0.717) is 23.8 Å². The molecule has 20 heavy (non-hydrogen) atoms. The second-order valence-electron chi connectivity index (χ2n) is 5.42. The second kappa shape index (κ2) is 6.69. The maximum atomic E-state index is 5.56. The summed E-state index contributed by atoms with van der Waals surface area (Å²) in [6.45, 7) is 8.04. The summed E-state index contributed by atoms with van der Waals surface area (Å²) < 4.78 is 5.56. The molecule has 1 atom stereocenters. The van der Waals surface area contributed by atoms with Crippen LogP contribution >= 0.6 is 0 Å². The van der Waals surface area contributed by atoms with Gasteiger partial charge in [0.2, 0.25) is 11.9 Å². The predicted molar refractivity (Wildman–Crippen MR) is 78.6 cm³/mol. The number of hydrogen-bond donors (Lipinski definition) is 2. The fourth-order valence-corrected chi connectivity index (χ4v) is 2.40. The van der Waals surface area contributed by atoms with Crippen LogP contribution in [0.3, 0.4) is 0 Å². The number of nitrogens with one attached hydrogen (secondary N) is 1. The van der Waals surface area contributed by atoms with Crippen LogP contribution in [0.4, 0.5) is 11.9 Å². The summed E-state index contributed by atoms with van der Waals surface area (Å²) in [6, 6.07) is 0.316. The van der Waals surface area contributed by atoms with Crippen LogP contribution in [0.5, 0.6) is 6.01 Å². The third-order valence-electron chi connectivity index (χ3n) is 3.45. The van der Waals surface area contributed by atoms with Crippen molar-refractivity contribution >= 4 is 11.9 Å². The molecular formula is C13H24N6O. The molecule has 1 fully saturated rings. The van der Waals surface area contributed by atoms with Crippen molar-refractivity contribution < 1.29 is 4.74 Å². The molecule has 1 saturated heterocycles. The number of hydrogen-bond acceptors (Lipinski definition) is 7. The Morgan fingerprint density at radius 3 is 2.85 bits per heavy atom. The van der Waals surface area contributed by atoms with Crippen LogP contribution in [0, 0.1) is 5.92 Å². The number of aromatic nitrogens is 3. The van der Waals surface area contributed by atoms with E-state index in [-0.39, 0.29) is 6.10 Å². The molecule has 1 aliphatic heterocycles. The number of nitrogens with two attached hydrogens (primary N) is 1. The zero-order chi connectivity index (χ0) is 14.5. The molecule has 0 bridgehead atoms. The quantitative estimate of drug-likeness (QED) is 0.625. The normalized spacial score (nSPS) is 19.2. The maximum absolute atomic E-state index is 5.56. The van der Waals surface area contributed by atoms with Crippen LogP contribution in [0.2, 0.25) is 0 Å². The Kier molecular flexibility index (Phi) is 4.94. The van der Waals surface area contributed by atoms with Gasteiger partial charge >= 0.3 is 6.01 Å². The minimum atomic E-state index is 0.0145. The zero-order valence-electron chi connectivity index (χ0n) is 12.5. The van der Waals surface area contributed by atoms with Gasteiger partial charge in [-0.15, -0.1) is 0 Å². The summed E-state index contributed by atoms with van der Waals surface area (Å²) in [7, 11) is 0. The Labute approximate surface area is 119 Å².